The molecule has 0 bridgehead atoms. The number of nitrogens with one attached hydrogen (secondary N) is 1. The van der Waals surface area contributed by atoms with Crippen LogP contribution in [-0.2, 0) is 13.5 Å². The van der Waals surface area contributed by atoms with Crippen LogP contribution in [0.15, 0.2) is 36.7 Å². The van der Waals surface area contributed by atoms with Crippen LogP contribution < -0.4 is 5.32 Å². The Morgan fingerprint density at radius 2 is 1.81 bits per heavy atom. The molecule has 3 aromatic heterocycles. The standard InChI is InChI=1S/C25H25F3N8O/c1-5-18-22(16-6-8-17(26)9-7-16)34(4)33-23(18)31-19-10-20(30-13-29-19)36-15(3)21(14(2)32-36)24(37)35-11-25(27,28)12-35/h6-10,13H,5,11-12H2,1-4H3,(H,29,30,31,33). The number of likely N-dealkylation sites (tertiary alicyclic amines) is 1. The summed E-state index contributed by atoms with van der Waals surface area (Å²) in [5, 5.41) is 12.3. The average molecular weight is 511 g/mol. The SMILES string of the molecule is CCc1c(Nc2cc(-n3nc(C)c(C(=O)N4CC(F)(F)C4)c3C)ncn2)nn(C)c1-c1ccc(F)cc1. The summed E-state index contributed by atoms with van der Waals surface area (Å²) in [5.41, 5.74) is 3.83. The van der Waals surface area contributed by atoms with Crippen LogP contribution in [0.5, 0.6) is 0 Å². The molecular formula is C25H25F3N8O. The van der Waals surface area contributed by atoms with E-state index < -0.39 is 24.9 Å². The Balaban J connectivity index is 1.44. The smallest absolute Gasteiger partial charge is 0.282 e. The number of halogens is 3. The molecule has 1 saturated heterocycles. The number of hydrogen-bond acceptors (Lipinski definition) is 6. The van der Waals surface area contributed by atoms with Gasteiger partial charge in [-0.1, -0.05) is 6.92 Å². The van der Waals surface area contributed by atoms with E-state index in [4.69, 9.17) is 0 Å². The molecule has 0 atom stereocenters. The van der Waals surface area contributed by atoms with Crippen molar-refractivity contribution in [2.75, 3.05) is 18.4 Å². The lowest BCUT2D eigenvalue weighted by Gasteiger charge is -2.38. The van der Waals surface area contributed by atoms with E-state index in [1.54, 1.807) is 36.7 Å². The fourth-order valence-corrected chi connectivity index (χ4v) is 4.61. The van der Waals surface area contributed by atoms with Crippen molar-refractivity contribution in [2.24, 2.45) is 7.05 Å². The van der Waals surface area contributed by atoms with Crippen molar-refractivity contribution in [1.29, 1.82) is 0 Å². The molecule has 1 aromatic carbocycles. The first-order chi connectivity index (χ1) is 17.6. The van der Waals surface area contributed by atoms with Gasteiger partial charge in [-0.25, -0.2) is 27.8 Å². The van der Waals surface area contributed by atoms with Gasteiger partial charge in [0.2, 0.25) is 0 Å². The van der Waals surface area contributed by atoms with Crippen molar-refractivity contribution in [3.05, 3.63) is 65.0 Å². The van der Waals surface area contributed by atoms with E-state index in [-0.39, 0.29) is 11.4 Å². The van der Waals surface area contributed by atoms with E-state index in [9.17, 15) is 18.0 Å². The molecule has 0 aliphatic carbocycles. The third-order valence-electron chi connectivity index (χ3n) is 6.37. The van der Waals surface area contributed by atoms with Crippen molar-refractivity contribution < 1.29 is 18.0 Å². The Morgan fingerprint density at radius 3 is 2.46 bits per heavy atom. The van der Waals surface area contributed by atoms with Crippen LogP contribution >= 0.6 is 0 Å². The maximum absolute atomic E-state index is 13.4. The number of hydrogen-bond donors (Lipinski definition) is 1. The molecule has 1 N–H and O–H groups in total. The summed E-state index contributed by atoms with van der Waals surface area (Å²) in [7, 11) is 1.82. The minimum Gasteiger partial charge on any atom is -0.326 e. The maximum atomic E-state index is 13.4. The second kappa shape index (κ2) is 9.02. The number of carbonyl (C=O) groups excluding carboxylic acids is 1. The fraction of sp³-hybridized carbons (Fsp3) is 0.320. The average Bonchev–Trinajstić information content (AvgIpc) is 3.32. The van der Waals surface area contributed by atoms with Crippen LogP contribution in [0.2, 0.25) is 0 Å². The van der Waals surface area contributed by atoms with E-state index in [2.05, 4.69) is 25.5 Å². The molecule has 0 spiro atoms. The lowest BCUT2D eigenvalue weighted by atomic mass is 10.1. The van der Waals surface area contributed by atoms with Gasteiger partial charge in [0.05, 0.1) is 35.7 Å². The van der Waals surface area contributed by atoms with E-state index in [0.29, 0.717) is 35.3 Å². The number of carbonyl (C=O) groups is 1. The molecule has 1 aliphatic rings. The van der Waals surface area contributed by atoms with E-state index in [0.717, 1.165) is 21.7 Å². The van der Waals surface area contributed by atoms with E-state index in [1.165, 1.54) is 23.1 Å². The van der Waals surface area contributed by atoms with Gasteiger partial charge in [-0.3, -0.25) is 9.48 Å². The summed E-state index contributed by atoms with van der Waals surface area (Å²) in [4.78, 5) is 22.5. The molecule has 1 aliphatic heterocycles. The monoisotopic (exact) mass is 510 g/mol. The molecule has 4 aromatic rings. The minimum absolute atomic E-state index is 0.283. The molecular weight excluding hydrogens is 485 g/mol. The molecule has 4 heterocycles. The number of aromatic nitrogens is 6. The summed E-state index contributed by atoms with van der Waals surface area (Å²) >= 11 is 0. The predicted molar refractivity (Wildman–Crippen MR) is 131 cm³/mol. The number of anilines is 2. The molecule has 1 fully saturated rings. The molecule has 9 nitrogen and oxygen atoms in total. The summed E-state index contributed by atoms with van der Waals surface area (Å²) in [6.07, 6.45) is 2.03. The number of amides is 1. The quantitative estimate of drug-likeness (QED) is 0.418. The number of rotatable bonds is 6. The third kappa shape index (κ3) is 4.43. The molecule has 192 valence electrons. The Bertz CT molecular complexity index is 1480. The fourth-order valence-electron chi connectivity index (χ4n) is 4.61. The van der Waals surface area contributed by atoms with Crippen LogP contribution in [0.3, 0.4) is 0 Å². The van der Waals surface area contributed by atoms with Crippen LogP contribution in [0.4, 0.5) is 24.8 Å². The highest BCUT2D eigenvalue weighted by atomic mass is 19.3. The van der Waals surface area contributed by atoms with Gasteiger partial charge >= 0.3 is 0 Å². The molecule has 1 amide bonds. The number of benzene rings is 1. The van der Waals surface area contributed by atoms with Crippen LogP contribution in [0, 0.1) is 19.7 Å². The third-order valence-corrected chi connectivity index (χ3v) is 6.37. The lowest BCUT2D eigenvalue weighted by Crippen LogP contribution is -2.58. The molecule has 0 saturated carbocycles. The minimum atomic E-state index is -2.85. The van der Waals surface area contributed by atoms with Crippen LogP contribution in [0.25, 0.3) is 17.1 Å². The van der Waals surface area contributed by atoms with Crippen molar-refractivity contribution in [3.8, 4) is 17.1 Å². The second-order valence-corrected chi connectivity index (χ2v) is 9.02. The predicted octanol–water partition coefficient (Wildman–Crippen LogP) is 4.22. The molecule has 5 rings (SSSR count). The van der Waals surface area contributed by atoms with Crippen molar-refractivity contribution >= 4 is 17.5 Å². The zero-order valence-corrected chi connectivity index (χ0v) is 20.8. The Morgan fingerprint density at radius 1 is 1.11 bits per heavy atom. The second-order valence-electron chi connectivity index (χ2n) is 9.02. The molecule has 37 heavy (non-hydrogen) atoms. The Kier molecular flexibility index (Phi) is 5.97. The van der Waals surface area contributed by atoms with Gasteiger partial charge in [-0.2, -0.15) is 10.2 Å². The maximum Gasteiger partial charge on any atom is 0.282 e. The molecule has 0 radical (unpaired) electrons. The van der Waals surface area contributed by atoms with Gasteiger partial charge in [0.1, 0.15) is 18.0 Å². The highest BCUT2D eigenvalue weighted by Gasteiger charge is 2.47. The van der Waals surface area contributed by atoms with Gasteiger partial charge in [0, 0.05) is 24.2 Å². The lowest BCUT2D eigenvalue weighted by molar-refractivity contribution is -0.113. The largest absolute Gasteiger partial charge is 0.326 e. The summed E-state index contributed by atoms with van der Waals surface area (Å²) in [6, 6.07) is 7.90. The first-order valence-electron chi connectivity index (χ1n) is 11.7. The summed E-state index contributed by atoms with van der Waals surface area (Å²) in [5.74, 6) is -2.19. The molecule has 12 heteroatoms. The van der Waals surface area contributed by atoms with Gasteiger partial charge < -0.3 is 10.2 Å². The van der Waals surface area contributed by atoms with Crippen LogP contribution in [0.1, 0.15) is 34.2 Å². The Labute approximate surface area is 211 Å². The van der Waals surface area contributed by atoms with Gasteiger partial charge in [-0.05, 0) is 44.5 Å². The summed E-state index contributed by atoms with van der Waals surface area (Å²) in [6.45, 7) is 4.17. The van der Waals surface area contributed by atoms with E-state index >= 15 is 0 Å². The zero-order valence-electron chi connectivity index (χ0n) is 20.8. The zero-order chi connectivity index (χ0) is 26.5. The first-order valence-corrected chi connectivity index (χ1v) is 11.7. The van der Waals surface area contributed by atoms with Crippen LogP contribution in [-0.4, -0.2) is 59.3 Å². The molecule has 0 unspecified atom stereocenters. The van der Waals surface area contributed by atoms with E-state index in [1.807, 2.05) is 14.0 Å². The number of alkyl halides is 2. The highest BCUT2D eigenvalue weighted by Crippen LogP contribution is 2.32. The number of nitrogens with zero attached hydrogens (tertiary/aromatic N) is 7. The van der Waals surface area contributed by atoms with Gasteiger partial charge in [-0.15, -0.1) is 0 Å². The van der Waals surface area contributed by atoms with Crippen molar-refractivity contribution in [2.45, 2.75) is 33.1 Å². The van der Waals surface area contributed by atoms with Gasteiger partial charge in [0.25, 0.3) is 11.8 Å². The summed E-state index contributed by atoms with van der Waals surface area (Å²) < 4.78 is 43.2. The van der Waals surface area contributed by atoms with Crippen molar-refractivity contribution in [3.63, 3.8) is 0 Å². The number of aryl methyl sites for hydroxylation is 2. The normalized spacial score (nSPS) is 14.5. The topological polar surface area (TPSA) is 93.8 Å². The Hall–Kier alpha value is -4.22. The first kappa shape index (κ1) is 24.5. The highest BCUT2D eigenvalue weighted by molar-refractivity contribution is 5.97. The van der Waals surface area contributed by atoms with Gasteiger partial charge in [0.15, 0.2) is 11.6 Å². The van der Waals surface area contributed by atoms with Crippen molar-refractivity contribution in [1.82, 2.24) is 34.4 Å².